The molecule has 1 atom stereocenters. The fourth-order valence-corrected chi connectivity index (χ4v) is 2.12. The zero-order chi connectivity index (χ0) is 16.5. The molecule has 0 saturated carbocycles. The first-order chi connectivity index (χ1) is 10.5. The third-order valence-corrected chi connectivity index (χ3v) is 3.56. The van der Waals surface area contributed by atoms with Crippen molar-refractivity contribution in [3.05, 3.63) is 23.8 Å². The molecule has 0 bridgehead atoms. The van der Waals surface area contributed by atoms with Crippen LogP contribution in [0.25, 0.3) is 0 Å². The number of rotatable bonds is 10. The molecule has 124 valence electrons. The molecule has 0 radical (unpaired) electrons. The molecule has 0 heterocycles. The molecule has 1 rings (SSSR count). The minimum atomic E-state index is -1.02. The molecule has 0 aliphatic carbocycles. The Hall–Kier alpha value is -1.79. The van der Waals surface area contributed by atoms with Crippen LogP contribution in [0.1, 0.15) is 19.4 Å². The van der Waals surface area contributed by atoms with Gasteiger partial charge in [0.2, 0.25) is 0 Å². The summed E-state index contributed by atoms with van der Waals surface area (Å²) in [5, 5.41) is 8.85. The second kappa shape index (κ2) is 9.27. The van der Waals surface area contributed by atoms with E-state index in [2.05, 4.69) is 18.7 Å². The summed E-state index contributed by atoms with van der Waals surface area (Å²) in [5.41, 5.74) is 6.35. The molecule has 0 aromatic heterocycles. The van der Waals surface area contributed by atoms with Crippen molar-refractivity contribution in [2.75, 3.05) is 33.4 Å². The molecule has 1 unspecified atom stereocenters. The molecule has 0 aliphatic heterocycles. The number of hydrogen-bond donors (Lipinski definition) is 2. The Kier molecular flexibility index (Phi) is 7.70. The predicted molar refractivity (Wildman–Crippen MR) is 85.6 cm³/mol. The monoisotopic (exact) mass is 310 g/mol. The van der Waals surface area contributed by atoms with Crippen LogP contribution in [-0.2, 0) is 11.2 Å². The van der Waals surface area contributed by atoms with Gasteiger partial charge < -0.3 is 25.2 Å². The van der Waals surface area contributed by atoms with Gasteiger partial charge in [0.15, 0.2) is 11.5 Å². The van der Waals surface area contributed by atoms with Gasteiger partial charge in [0.05, 0.1) is 7.11 Å². The van der Waals surface area contributed by atoms with Crippen LogP contribution in [-0.4, -0.2) is 55.4 Å². The predicted octanol–water partition coefficient (Wildman–Crippen LogP) is 1.37. The summed E-state index contributed by atoms with van der Waals surface area (Å²) in [6.07, 6.45) is 0.255. The molecule has 6 heteroatoms. The van der Waals surface area contributed by atoms with Gasteiger partial charge in [-0.2, -0.15) is 0 Å². The van der Waals surface area contributed by atoms with E-state index < -0.39 is 12.0 Å². The fourth-order valence-electron chi connectivity index (χ4n) is 2.12. The highest BCUT2D eigenvalue weighted by Crippen LogP contribution is 2.28. The van der Waals surface area contributed by atoms with Crippen molar-refractivity contribution in [2.24, 2.45) is 5.73 Å². The van der Waals surface area contributed by atoms with Gasteiger partial charge in [-0.05, 0) is 37.2 Å². The maximum atomic E-state index is 10.8. The molecule has 22 heavy (non-hydrogen) atoms. The van der Waals surface area contributed by atoms with Crippen LogP contribution in [0.3, 0.4) is 0 Å². The quantitative estimate of drug-likeness (QED) is 0.679. The van der Waals surface area contributed by atoms with Gasteiger partial charge in [0.25, 0.3) is 0 Å². The number of carbonyl (C=O) groups is 1. The van der Waals surface area contributed by atoms with Crippen molar-refractivity contribution in [3.8, 4) is 11.5 Å². The Bertz CT molecular complexity index is 475. The maximum Gasteiger partial charge on any atom is 0.320 e. The van der Waals surface area contributed by atoms with Crippen LogP contribution >= 0.6 is 0 Å². The van der Waals surface area contributed by atoms with Crippen molar-refractivity contribution in [1.29, 1.82) is 0 Å². The van der Waals surface area contributed by atoms with Gasteiger partial charge in [-0.3, -0.25) is 4.79 Å². The molecule has 3 N–H and O–H groups in total. The van der Waals surface area contributed by atoms with Crippen molar-refractivity contribution >= 4 is 5.97 Å². The number of nitrogens with zero attached hydrogens (tertiary/aromatic N) is 1. The summed E-state index contributed by atoms with van der Waals surface area (Å²) in [6, 6.07) is 4.47. The van der Waals surface area contributed by atoms with E-state index in [1.807, 2.05) is 6.07 Å². The summed E-state index contributed by atoms with van der Waals surface area (Å²) in [4.78, 5) is 13.1. The average molecular weight is 310 g/mol. The van der Waals surface area contributed by atoms with Crippen LogP contribution in [0, 0.1) is 0 Å². The molecule has 1 aromatic carbocycles. The van der Waals surface area contributed by atoms with Gasteiger partial charge in [0.1, 0.15) is 12.6 Å². The Balaban J connectivity index is 2.66. The van der Waals surface area contributed by atoms with E-state index in [9.17, 15) is 4.79 Å². The number of carboxylic acids is 1. The van der Waals surface area contributed by atoms with E-state index in [1.54, 1.807) is 19.2 Å². The van der Waals surface area contributed by atoms with E-state index in [-0.39, 0.29) is 6.42 Å². The van der Waals surface area contributed by atoms with Crippen molar-refractivity contribution in [2.45, 2.75) is 26.3 Å². The smallest absolute Gasteiger partial charge is 0.320 e. The highest BCUT2D eigenvalue weighted by molar-refractivity contribution is 5.73. The van der Waals surface area contributed by atoms with Crippen molar-refractivity contribution in [3.63, 3.8) is 0 Å². The Morgan fingerprint density at radius 1 is 1.32 bits per heavy atom. The van der Waals surface area contributed by atoms with Gasteiger partial charge >= 0.3 is 5.97 Å². The Morgan fingerprint density at radius 2 is 2.00 bits per heavy atom. The number of carboxylic acid groups (broad SMARTS) is 1. The summed E-state index contributed by atoms with van der Waals surface area (Å²) in [6.45, 7) is 7.63. The summed E-state index contributed by atoms with van der Waals surface area (Å²) < 4.78 is 11.1. The van der Waals surface area contributed by atoms with E-state index in [1.165, 1.54) is 0 Å². The van der Waals surface area contributed by atoms with Gasteiger partial charge in [0, 0.05) is 6.54 Å². The highest BCUT2D eigenvalue weighted by atomic mass is 16.5. The number of hydrogen-bond acceptors (Lipinski definition) is 5. The first kappa shape index (κ1) is 18.3. The van der Waals surface area contributed by atoms with Gasteiger partial charge in [-0.25, -0.2) is 0 Å². The number of likely N-dealkylation sites (N-methyl/N-ethyl adjacent to an activating group) is 1. The third-order valence-electron chi connectivity index (χ3n) is 3.56. The van der Waals surface area contributed by atoms with Gasteiger partial charge in [-0.1, -0.05) is 19.9 Å². The van der Waals surface area contributed by atoms with Crippen LogP contribution in [0.15, 0.2) is 18.2 Å². The van der Waals surface area contributed by atoms with Gasteiger partial charge in [-0.15, -0.1) is 0 Å². The molecule has 1 aromatic rings. The van der Waals surface area contributed by atoms with Crippen LogP contribution in [0.5, 0.6) is 11.5 Å². The van der Waals surface area contributed by atoms with Crippen LogP contribution in [0.4, 0.5) is 0 Å². The molecule has 0 amide bonds. The average Bonchev–Trinajstić information content (AvgIpc) is 2.52. The number of methoxy groups -OCH3 is 1. The molecule has 0 fully saturated rings. The third kappa shape index (κ3) is 5.54. The lowest BCUT2D eigenvalue weighted by Crippen LogP contribution is -2.32. The summed E-state index contributed by atoms with van der Waals surface area (Å²) in [5.74, 6) is 0.232. The largest absolute Gasteiger partial charge is 0.493 e. The topological polar surface area (TPSA) is 85.0 Å². The molecule has 0 aliphatic rings. The molecule has 0 spiro atoms. The first-order valence-corrected chi connectivity index (χ1v) is 7.52. The summed E-state index contributed by atoms with van der Waals surface area (Å²) in [7, 11) is 1.56. The summed E-state index contributed by atoms with van der Waals surface area (Å²) >= 11 is 0. The standard InChI is InChI=1S/C16H26N2O4/c1-4-18(5-2)8-9-22-14-7-6-12(11-15(14)21-3)10-13(17)16(19)20/h6-7,11,13H,4-5,8-10,17H2,1-3H3,(H,19,20). The normalized spacial score (nSPS) is 12.2. The lowest BCUT2D eigenvalue weighted by Gasteiger charge is -2.19. The van der Waals surface area contributed by atoms with Crippen LogP contribution in [0.2, 0.25) is 0 Å². The molecule has 0 saturated heterocycles. The van der Waals surface area contributed by atoms with E-state index in [0.29, 0.717) is 18.1 Å². The SMILES string of the molecule is CCN(CC)CCOc1ccc(CC(N)C(=O)O)cc1OC. The first-order valence-electron chi connectivity index (χ1n) is 7.52. The zero-order valence-electron chi connectivity index (χ0n) is 13.5. The second-order valence-corrected chi connectivity index (χ2v) is 5.01. The lowest BCUT2D eigenvalue weighted by molar-refractivity contribution is -0.138. The molecular formula is C16H26N2O4. The number of aliphatic carboxylic acids is 1. The highest BCUT2D eigenvalue weighted by Gasteiger charge is 2.14. The van der Waals surface area contributed by atoms with Crippen molar-refractivity contribution in [1.82, 2.24) is 4.90 Å². The molecular weight excluding hydrogens is 284 g/mol. The van der Waals surface area contributed by atoms with E-state index in [4.69, 9.17) is 20.3 Å². The lowest BCUT2D eigenvalue weighted by atomic mass is 10.1. The van der Waals surface area contributed by atoms with E-state index >= 15 is 0 Å². The number of nitrogens with two attached hydrogens (primary N) is 1. The molecule has 6 nitrogen and oxygen atoms in total. The minimum absolute atomic E-state index is 0.255. The fraction of sp³-hybridized carbons (Fsp3) is 0.562. The maximum absolute atomic E-state index is 10.8. The van der Waals surface area contributed by atoms with Crippen LogP contribution < -0.4 is 15.2 Å². The minimum Gasteiger partial charge on any atom is -0.493 e. The Labute approximate surface area is 131 Å². The number of ether oxygens (including phenoxy) is 2. The second-order valence-electron chi connectivity index (χ2n) is 5.01. The van der Waals surface area contributed by atoms with E-state index in [0.717, 1.165) is 25.2 Å². The number of benzene rings is 1. The Morgan fingerprint density at radius 3 is 2.55 bits per heavy atom. The van der Waals surface area contributed by atoms with Crippen molar-refractivity contribution < 1.29 is 19.4 Å². The zero-order valence-corrected chi connectivity index (χ0v) is 13.5.